The number of amides is 1. The standard InChI is InChI=1S/C27H28FN3O6/c1-35-23-13-18-20(14-24(23)36-15-16-4-9-29-10-5-16)30-11-6-21(18)37-22-3-2-17(12-19(22)28)31-25(32)27(7-8-27)26(33)34/h2-3,6,11-14,16,29H,4-5,7-10,15H2,1H3,(H,31,32)(H,33,34). The molecule has 2 aliphatic rings. The van der Waals surface area contributed by atoms with Crippen molar-refractivity contribution in [3.8, 4) is 23.0 Å². The Morgan fingerprint density at radius 2 is 1.89 bits per heavy atom. The lowest BCUT2D eigenvalue weighted by Gasteiger charge is -2.23. The number of carboxylic acids is 1. The first-order valence-corrected chi connectivity index (χ1v) is 12.2. The monoisotopic (exact) mass is 509 g/mol. The number of nitrogens with one attached hydrogen (secondary N) is 2. The molecule has 1 aliphatic carbocycles. The summed E-state index contributed by atoms with van der Waals surface area (Å²) in [6, 6.07) is 9.10. The van der Waals surface area contributed by atoms with E-state index in [4.69, 9.17) is 14.2 Å². The van der Waals surface area contributed by atoms with Gasteiger partial charge in [0.15, 0.2) is 23.1 Å². The molecule has 3 aromatic rings. The smallest absolute Gasteiger partial charge is 0.319 e. The van der Waals surface area contributed by atoms with Crippen LogP contribution in [0, 0.1) is 17.2 Å². The van der Waals surface area contributed by atoms with Gasteiger partial charge in [-0.3, -0.25) is 14.6 Å². The highest BCUT2D eigenvalue weighted by atomic mass is 19.1. The zero-order chi connectivity index (χ0) is 26.0. The fourth-order valence-electron chi connectivity index (χ4n) is 4.44. The van der Waals surface area contributed by atoms with Crippen molar-refractivity contribution in [2.45, 2.75) is 25.7 Å². The summed E-state index contributed by atoms with van der Waals surface area (Å²) in [4.78, 5) is 28.1. The number of carboxylic acid groups (broad SMARTS) is 1. The van der Waals surface area contributed by atoms with E-state index in [1.165, 1.54) is 12.1 Å². The van der Waals surface area contributed by atoms with Crippen molar-refractivity contribution in [1.82, 2.24) is 10.3 Å². The van der Waals surface area contributed by atoms with Crippen molar-refractivity contribution in [1.29, 1.82) is 0 Å². The predicted molar refractivity (Wildman–Crippen MR) is 134 cm³/mol. The molecule has 0 radical (unpaired) electrons. The number of rotatable bonds is 9. The van der Waals surface area contributed by atoms with Crippen molar-refractivity contribution in [3.05, 3.63) is 48.4 Å². The third-order valence-corrected chi connectivity index (χ3v) is 6.92. The Morgan fingerprint density at radius 3 is 2.57 bits per heavy atom. The van der Waals surface area contributed by atoms with Crippen LogP contribution < -0.4 is 24.8 Å². The second-order valence-corrected chi connectivity index (χ2v) is 9.42. The number of ether oxygens (including phenoxy) is 3. The summed E-state index contributed by atoms with van der Waals surface area (Å²) >= 11 is 0. The number of methoxy groups -OCH3 is 1. The Hall–Kier alpha value is -3.92. The maximum Gasteiger partial charge on any atom is 0.319 e. The number of aliphatic carboxylic acids is 1. The molecule has 10 heteroatoms. The minimum Gasteiger partial charge on any atom is -0.493 e. The first-order chi connectivity index (χ1) is 17.9. The topological polar surface area (TPSA) is 119 Å². The number of nitrogens with zero attached hydrogens (tertiary/aromatic N) is 1. The molecule has 1 amide bonds. The lowest BCUT2D eigenvalue weighted by molar-refractivity contribution is -0.147. The molecule has 0 bridgehead atoms. The summed E-state index contributed by atoms with van der Waals surface area (Å²) in [6.45, 7) is 2.55. The lowest BCUT2D eigenvalue weighted by atomic mass is 9.99. The largest absolute Gasteiger partial charge is 0.493 e. The van der Waals surface area contributed by atoms with Gasteiger partial charge in [0.25, 0.3) is 0 Å². The van der Waals surface area contributed by atoms with Gasteiger partial charge in [-0.25, -0.2) is 4.39 Å². The molecule has 1 aromatic heterocycles. The summed E-state index contributed by atoms with van der Waals surface area (Å²) in [5.74, 6) is -0.661. The first kappa shape index (κ1) is 24.8. The number of fused-ring (bicyclic) bond motifs is 1. The summed E-state index contributed by atoms with van der Waals surface area (Å²) in [5.41, 5.74) is -0.665. The molecule has 37 heavy (non-hydrogen) atoms. The highest BCUT2D eigenvalue weighted by Gasteiger charge is 2.57. The van der Waals surface area contributed by atoms with Gasteiger partial charge >= 0.3 is 5.97 Å². The molecule has 9 nitrogen and oxygen atoms in total. The minimum atomic E-state index is -1.42. The van der Waals surface area contributed by atoms with E-state index in [1.807, 2.05) is 0 Å². The van der Waals surface area contributed by atoms with Gasteiger partial charge in [0, 0.05) is 29.4 Å². The van der Waals surface area contributed by atoms with Crippen molar-refractivity contribution >= 4 is 28.5 Å². The number of hydrogen-bond acceptors (Lipinski definition) is 7. The normalized spacial score (nSPS) is 16.7. The molecule has 3 N–H and O–H groups in total. The van der Waals surface area contributed by atoms with Gasteiger partial charge in [-0.15, -0.1) is 0 Å². The van der Waals surface area contributed by atoms with E-state index in [-0.39, 0.29) is 24.3 Å². The van der Waals surface area contributed by atoms with Crippen LogP contribution in [0.4, 0.5) is 10.1 Å². The van der Waals surface area contributed by atoms with Crippen LogP contribution in [0.5, 0.6) is 23.0 Å². The van der Waals surface area contributed by atoms with Gasteiger partial charge in [-0.05, 0) is 69.0 Å². The molecular formula is C27H28FN3O6. The minimum absolute atomic E-state index is 0.0601. The molecule has 0 atom stereocenters. The number of carbonyl (C=O) groups is 2. The first-order valence-electron chi connectivity index (χ1n) is 12.2. The third-order valence-electron chi connectivity index (χ3n) is 6.92. The number of aromatic nitrogens is 1. The van der Waals surface area contributed by atoms with Crippen LogP contribution in [0.25, 0.3) is 10.9 Å². The quantitative estimate of drug-likeness (QED) is 0.364. The summed E-state index contributed by atoms with van der Waals surface area (Å²) in [5, 5.41) is 15.7. The number of carbonyl (C=O) groups excluding carboxylic acids is 1. The SMILES string of the molecule is COc1cc2c(Oc3ccc(NC(=O)C4(C(=O)O)CC4)cc3F)ccnc2cc1OCC1CCNCC1. The van der Waals surface area contributed by atoms with Crippen molar-refractivity contribution in [3.63, 3.8) is 0 Å². The van der Waals surface area contributed by atoms with Crippen molar-refractivity contribution < 1.29 is 33.3 Å². The zero-order valence-corrected chi connectivity index (χ0v) is 20.4. The molecule has 2 heterocycles. The number of benzene rings is 2. The molecular weight excluding hydrogens is 481 g/mol. The number of pyridine rings is 1. The maximum absolute atomic E-state index is 14.9. The van der Waals surface area contributed by atoms with E-state index in [0.29, 0.717) is 40.7 Å². The van der Waals surface area contributed by atoms with E-state index in [2.05, 4.69) is 15.6 Å². The zero-order valence-electron chi connectivity index (χ0n) is 20.4. The Morgan fingerprint density at radius 1 is 1.11 bits per heavy atom. The predicted octanol–water partition coefficient (Wildman–Crippen LogP) is 4.36. The Labute approximate surface area is 212 Å². The molecule has 2 fully saturated rings. The van der Waals surface area contributed by atoms with E-state index in [1.54, 1.807) is 31.5 Å². The van der Waals surface area contributed by atoms with Gasteiger partial charge in [0.05, 0.1) is 19.2 Å². The average Bonchev–Trinajstić information content (AvgIpc) is 3.72. The van der Waals surface area contributed by atoms with E-state index in [0.717, 1.165) is 32.0 Å². The fourth-order valence-corrected chi connectivity index (χ4v) is 4.44. The van der Waals surface area contributed by atoms with Crippen molar-refractivity contribution in [2.75, 3.05) is 32.1 Å². The molecule has 1 saturated heterocycles. The fraction of sp³-hybridized carbons (Fsp3) is 0.370. The molecule has 1 aliphatic heterocycles. The molecule has 5 rings (SSSR count). The maximum atomic E-state index is 14.9. The lowest BCUT2D eigenvalue weighted by Crippen LogP contribution is -2.31. The summed E-state index contributed by atoms with van der Waals surface area (Å²) in [6.07, 6.45) is 4.21. The van der Waals surface area contributed by atoms with Crippen LogP contribution in [0.3, 0.4) is 0 Å². The van der Waals surface area contributed by atoms with Gasteiger partial charge in [0.2, 0.25) is 5.91 Å². The average molecular weight is 510 g/mol. The summed E-state index contributed by atoms with van der Waals surface area (Å²) in [7, 11) is 1.55. The van der Waals surface area contributed by atoms with E-state index in [9.17, 15) is 19.1 Å². The van der Waals surface area contributed by atoms with Gasteiger partial charge in [-0.1, -0.05) is 0 Å². The van der Waals surface area contributed by atoms with Gasteiger partial charge < -0.3 is 30.0 Å². The Balaban J connectivity index is 1.34. The number of piperidine rings is 1. The van der Waals surface area contributed by atoms with E-state index >= 15 is 0 Å². The highest BCUT2D eigenvalue weighted by molar-refractivity contribution is 6.10. The summed E-state index contributed by atoms with van der Waals surface area (Å²) < 4.78 is 32.4. The Bertz CT molecular complexity index is 1340. The van der Waals surface area contributed by atoms with Crippen molar-refractivity contribution in [2.24, 2.45) is 11.3 Å². The number of anilines is 1. The van der Waals surface area contributed by atoms with Gasteiger partial charge in [0.1, 0.15) is 11.2 Å². The number of hydrogen-bond donors (Lipinski definition) is 3. The van der Waals surface area contributed by atoms with E-state index < -0.39 is 23.1 Å². The third kappa shape index (κ3) is 5.15. The molecule has 2 aromatic carbocycles. The van der Waals surface area contributed by atoms with Gasteiger partial charge in [-0.2, -0.15) is 0 Å². The second kappa shape index (κ2) is 10.2. The van der Waals surface area contributed by atoms with Crippen LogP contribution >= 0.6 is 0 Å². The molecule has 0 spiro atoms. The molecule has 1 saturated carbocycles. The van der Waals surface area contributed by atoms with Crippen LogP contribution in [0.2, 0.25) is 0 Å². The van der Waals surface area contributed by atoms with Crippen LogP contribution in [-0.4, -0.2) is 48.8 Å². The van der Waals surface area contributed by atoms with Crippen LogP contribution in [0.1, 0.15) is 25.7 Å². The highest BCUT2D eigenvalue weighted by Crippen LogP contribution is 2.47. The molecule has 194 valence electrons. The molecule has 0 unspecified atom stereocenters. The second-order valence-electron chi connectivity index (χ2n) is 9.42. The van der Waals surface area contributed by atoms with Crippen LogP contribution in [0.15, 0.2) is 42.6 Å². The Kier molecular flexibility index (Phi) is 6.84. The number of halogens is 1. The van der Waals surface area contributed by atoms with Crippen LogP contribution in [-0.2, 0) is 9.59 Å².